The van der Waals surface area contributed by atoms with Crippen molar-refractivity contribution in [3.63, 3.8) is 0 Å². The maximum absolute atomic E-state index is 12.4. The number of likely N-dealkylation sites (tertiary alicyclic amines) is 1. The number of methoxy groups -OCH3 is 1. The molecule has 4 nitrogen and oxygen atoms in total. The number of rotatable bonds is 4. The van der Waals surface area contributed by atoms with Crippen LogP contribution >= 0.6 is 15.9 Å². The Morgan fingerprint density at radius 1 is 1.55 bits per heavy atom. The van der Waals surface area contributed by atoms with Crippen molar-refractivity contribution < 1.29 is 9.53 Å². The second kappa shape index (κ2) is 7.09. The van der Waals surface area contributed by atoms with Crippen molar-refractivity contribution in [1.29, 1.82) is 0 Å². The molecule has 20 heavy (non-hydrogen) atoms. The third kappa shape index (κ3) is 3.73. The van der Waals surface area contributed by atoms with Crippen LogP contribution in [0.25, 0.3) is 0 Å². The van der Waals surface area contributed by atoms with Gasteiger partial charge in [0, 0.05) is 17.1 Å². The lowest BCUT2D eigenvalue weighted by molar-refractivity contribution is 0.0903. The minimum atomic E-state index is -0.0581. The first-order valence-electron chi connectivity index (χ1n) is 7.00. The summed E-state index contributed by atoms with van der Waals surface area (Å²) in [5.41, 5.74) is 0.587. The van der Waals surface area contributed by atoms with Crippen LogP contribution in [0.15, 0.2) is 22.7 Å². The zero-order valence-electron chi connectivity index (χ0n) is 12.0. The first-order chi connectivity index (χ1) is 9.63. The standard InChI is InChI=1S/C15H21BrN2O2/c1-3-18-8-4-5-12(10-18)17-15(19)13-7-6-11(16)9-14(13)20-2/h6-7,9,12H,3-5,8,10H2,1-2H3,(H,17,19). The number of hydrogen-bond acceptors (Lipinski definition) is 3. The van der Waals surface area contributed by atoms with E-state index in [-0.39, 0.29) is 11.9 Å². The lowest BCUT2D eigenvalue weighted by atomic mass is 10.0. The highest BCUT2D eigenvalue weighted by Crippen LogP contribution is 2.23. The summed E-state index contributed by atoms with van der Waals surface area (Å²) in [4.78, 5) is 14.7. The number of carbonyl (C=O) groups is 1. The average Bonchev–Trinajstić information content (AvgIpc) is 2.47. The first-order valence-corrected chi connectivity index (χ1v) is 7.80. The van der Waals surface area contributed by atoms with Gasteiger partial charge in [-0.05, 0) is 44.1 Å². The van der Waals surface area contributed by atoms with Gasteiger partial charge in [0.25, 0.3) is 5.91 Å². The van der Waals surface area contributed by atoms with Crippen LogP contribution in [-0.2, 0) is 0 Å². The van der Waals surface area contributed by atoms with E-state index in [0.717, 1.165) is 36.9 Å². The lowest BCUT2D eigenvalue weighted by Crippen LogP contribution is -2.47. The van der Waals surface area contributed by atoms with E-state index in [9.17, 15) is 4.79 Å². The molecule has 1 N–H and O–H groups in total. The van der Waals surface area contributed by atoms with Crippen LogP contribution in [0.3, 0.4) is 0 Å². The maximum Gasteiger partial charge on any atom is 0.255 e. The van der Waals surface area contributed by atoms with Crippen molar-refractivity contribution in [2.45, 2.75) is 25.8 Å². The quantitative estimate of drug-likeness (QED) is 0.916. The molecule has 0 saturated carbocycles. The predicted octanol–water partition coefficient (Wildman–Crippen LogP) is 2.67. The molecule has 1 aliphatic heterocycles. The molecule has 2 rings (SSSR count). The Balaban J connectivity index is 2.04. The molecule has 1 saturated heterocycles. The highest BCUT2D eigenvalue weighted by Gasteiger charge is 2.22. The van der Waals surface area contributed by atoms with Crippen LogP contribution in [0.5, 0.6) is 5.75 Å². The summed E-state index contributed by atoms with van der Waals surface area (Å²) in [5.74, 6) is 0.539. The Bertz CT molecular complexity index is 479. The van der Waals surface area contributed by atoms with Crippen molar-refractivity contribution in [3.8, 4) is 5.75 Å². The normalized spacial score (nSPS) is 19.6. The number of benzene rings is 1. The number of piperidine rings is 1. The highest BCUT2D eigenvalue weighted by molar-refractivity contribution is 9.10. The molecule has 0 radical (unpaired) electrons. The van der Waals surface area contributed by atoms with Gasteiger partial charge >= 0.3 is 0 Å². The first kappa shape index (κ1) is 15.3. The van der Waals surface area contributed by atoms with Crippen molar-refractivity contribution in [1.82, 2.24) is 10.2 Å². The molecule has 1 unspecified atom stereocenters. The Morgan fingerprint density at radius 3 is 3.05 bits per heavy atom. The molecule has 1 atom stereocenters. The predicted molar refractivity (Wildman–Crippen MR) is 83.3 cm³/mol. The number of halogens is 1. The minimum absolute atomic E-state index is 0.0581. The molecule has 0 aliphatic carbocycles. The van der Waals surface area contributed by atoms with Crippen molar-refractivity contribution in [2.75, 3.05) is 26.7 Å². The molecule has 1 aromatic carbocycles. The second-order valence-electron chi connectivity index (χ2n) is 5.05. The molecule has 1 aliphatic rings. The molecule has 1 amide bonds. The van der Waals surface area contributed by atoms with Gasteiger partial charge in [-0.1, -0.05) is 22.9 Å². The molecular formula is C15H21BrN2O2. The van der Waals surface area contributed by atoms with Gasteiger partial charge in [0.1, 0.15) is 5.75 Å². The van der Waals surface area contributed by atoms with Crippen molar-refractivity contribution in [2.24, 2.45) is 0 Å². The van der Waals surface area contributed by atoms with Gasteiger partial charge in [-0.15, -0.1) is 0 Å². The number of nitrogens with zero attached hydrogens (tertiary/aromatic N) is 1. The third-order valence-corrected chi connectivity index (χ3v) is 4.19. The fourth-order valence-corrected chi connectivity index (χ4v) is 2.92. The Morgan fingerprint density at radius 2 is 2.35 bits per heavy atom. The summed E-state index contributed by atoms with van der Waals surface area (Å²) >= 11 is 3.38. The van der Waals surface area contributed by atoms with E-state index in [0.29, 0.717) is 11.3 Å². The van der Waals surface area contributed by atoms with Crippen LogP contribution in [0.2, 0.25) is 0 Å². The summed E-state index contributed by atoms with van der Waals surface area (Å²) in [6, 6.07) is 5.69. The largest absolute Gasteiger partial charge is 0.496 e. The number of amides is 1. The van der Waals surface area contributed by atoms with Gasteiger partial charge < -0.3 is 15.0 Å². The van der Waals surface area contributed by atoms with E-state index >= 15 is 0 Å². The average molecular weight is 341 g/mol. The van der Waals surface area contributed by atoms with Crippen molar-refractivity contribution >= 4 is 21.8 Å². The molecule has 5 heteroatoms. The molecule has 1 heterocycles. The molecule has 1 aromatic rings. The van der Waals surface area contributed by atoms with Gasteiger partial charge in [0.05, 0.1) is 12.7 Å². The Labute approximate surface area is 128 Å². The minimum Gasteiger partial charge on any atom is -0.496 e. The van der Waals surface area contributed by atoms with Crippen LogP contribution in [0.1, 0.15) is 30.1 Å². The second-order valence-corrected chi connectivity index (χ2v) is 5.97. The number of carbonyl (C=O) groups excluding carboxylic acids is 1. The molecule has 0 bridgehead atoms. The Hall–Kier alpha value is -1.07. The summed E-state index contributed by atoms with van der Waals surface area (Å²) in [6.07, 6.45) is 2.18. The van der Waals surface area contributed by atoms with Crippen LogP contribution in [0, 0.1) is 0 Å². The number of likely N-dealkylation sites (N-methyl/N-ethyl adjacent to an activating group) is 1. The monoisotopic (exact) mass is 340 g/mol. The Kier molecular flexibility index (Phi) is 5.43. The maximum atomic E-state index is 12.4. The lowest BCUT2D eigenvalue weighted by Gasteiger charge is -2.32. The van der Waals surface area contributed by atoms with E-state index in [4.69, 9.17) is 4.74 Å². The fraction of sp³-hybridized carbons (Fsp3) is 0.533. The summed E-state index contributed by atoms with van der Waals surface area (Å²) in [7, 11) is 1.58. The van der Waals surface area contributed by atoms with E-state index in [2.05, 4.69) is 33.1 Å². The van der Waals surface area contributed by atoms with E-state index in [1.807, 2.05) is 12.1 Å². The van der Waals surface area contributed by atoms with Crippen LogP contribution in [0.4, 0.5) is 0 Å². The van der Waals surface area contributed by atoms with Gasteiger partial charge in [0.2, 0.25) is 0 Å². The number of ether oxygens (including phenoxy) is 1. The van der Waals surface area contributed by atoms with Gasteiger partial charge in [-0.3, -0.25) is 4.79 Å². The topological polar surface area (TPSA) is 41.6 Å². The number of nitrogens with one attached hydrogen (secondary N) is 1. The molecule has 0 spiro atoms. The van der Waals surface area contributed by atoms with Crippen LogP contribution in [-0.4, -0.2) is 43.6 Å². The van der Waals surface area contributed by atoms with Crippen molar-refractivity contribution in [3.05, 3.63) is 28.2 Å². The molecular weight excluding hydrogens is 320 g/mol. The summed E-state index contributed by atoms with van der Waals surface area (Å²) in [5, 5.41) is 3.12. The zero-order valence-corrected chi connectivity index (χ0v) is 13.6. The smallest absolute Gasteiger partial charge is 0.255 e. The van der Waals surface area contributed by atoms with E-state index in [1.54, 1.807) is 13.2 Å². The molecule has 1 fully saturated rings. The SMILES string of the molecule is CCN1CCCC(NC(=O)c2ccc(Br)cc2OC)C1. The fourth-order valence-electron chi connectivity index (χ4n) is 2.58. The zero-order chi connectivity index (χ0) is 14.5. The van der Waals surface area contributed by atoms with Gasteiger partial charge in [-0.2, -0.15) is 0 Å². The molecule has 110 valence electrons. The third-order valence-electron chi connectivity index (χ3n) is 3.70. The van der Waals surface area contributed by atoms with Crippen LogP contribution < -0.4 is 10.1 Å². The summed E-state index contributed by atoms with van der Waals surface area (Å²) < 4.78 is 6.18. The van der Waals surface area contributed by atoms with Gasteiger partial charge in [-0.25, -0.2) is 0 Å². The van der Waals surface area contributed by atoms with E-state index < -0.39 is 0 Å². The highest BCUT2D eigenvalue weighted by atomic mass is 79.9. The summed E-state index contributed by atoms with van der Waals surface area (Å²) in [6.45, 7) is 5.25. The van der Waals surface area contributed by atoms with E-state index in [1.165, 1.54) is 0 Å². The van der Waals surface area contributed by atoms with Gasteiger partial charge in [0.15, 0.2) is 0 Å². The number of hydrogen-bond donors (Lipinski definition) is 1. The molecule has 0 aromatic heterocycles.